The number of likely N-dealkylation sites (N-methyl/N-ethyl adjacent to an activating group) is 1. The monoisotopic (exact) mass is 263 g/mol. The molecular weight excluding hydrogens is 246 g/mol. The van der Waals surface area contributed by atoms with E-state index < -0.39 is 24.8 Å². The molecule has 0 aromatic rings. The zero-order valence-corrected chi connectivity index (χ0v) is 10.5. The fraction of sp³-hybridized carbons (Fsp3) is 0.778. The molecule has 0 spiro atoms. The number of hydrogen-bond acceptors (Lipinski definition) is 6. The molecule has 0 aliphatic heterocycles. The summed E-state index contributed by atoms with van der Waals surface area (Å²) in [5.41, 5.74) is 0. The van der Waals surface area contributed by atoms with Gasteiger partial charge in [0.25, 0.3) is 6.29 Å². The van der Waals surface area contributed by atoms with Gasteiger partial charge in [0.05, 0.1) is 11.5 Å². The van der Waals surface area contributed by atoms with Crippen LogP contribution in [0, 0.1) is 5.21 Å². The van der Waals surface area contributed by atoms with E-state index >= 15 is 0 Å². The number of hydrogen-bond donors (Lipinski definition) is 1. The number of carbonyl (C=O) groups is 2. The van der Waals surface area contributed by atoms with Crippen molar-refractivity contribution in [1.82, 2.24) is 5.01 Å². The molecule has 0 aliphatic rings. The summed E-state index contributed by atoms with van der Waals surface area (Å²) in [6, 6.07) is 0. The summed E-state index contributed by atoms with van der Waals surface area (Å²) >= 11 is 0. The Morgan fingerprint density at radius 2 is 2.11 bits per heavy atom. The second kappa shape index (κ2) is 8.09. The van der Waals surface area contributed by atoms with Crippen molar-refractivity contribution in [3.8, 4) is 0 Å². The van der Waals surface area contributed by atoms with Crippen molar-refractivity contribution in [2.24, 2.45) is 5.28 Å². The van der Waals surface area contributed by atoms with E-state index in [0.717, 1.165) is 5.01 Å². The fourth-order valence-electron chi connectivity index (χ4n) is 0.898. The fourth-order valence-corrected chi connectivity index (χ4v) is 0.898. The molecule has 0 aliphatic carbocycles. The second-order valence-corrected chi connectivity index (χ2v) is 3.23. The lowest BCUT2D eigenvalue weighted by Crippen LogP contribution is -2.35. The Kier molecular flexibility index (Phi) is 7.17. The Balaban J connectivity index is 4.30. The van der Waals surface area contributed by atoms with Crippen LogP contribution in [0.1, 0.15) is 27.2 Å². The van der Waals surface area contributed by atoms with E-state index in [-0.39, 0.29) is 17.9 Å². The van der Waals surface area contributed by atoms with Crippen molar-refractivity contribution >= 4 is 11.9 Å². The largest absolute Gasteiger partial charge is 0.569 e. The Morgan fingerprint density at radius 1 is 1.50 bits per heavy atom. The highest BCUT2D eigenvalue weighted by atomic mass is 16.8. The van der Waals surface area contributed by atoms with Crippen LogP contribution in [0.3, 0.4) is 0 Å². The number of nitrogens with zero attached hydrogens (tertiary/aromatic N) is 3. The molecular formula is C9H17N3O6. The normalized spacial score (nSPS) is 12.7. The van der Waals surface area contributed by atoms with Gasteiger partial charge in [-0.05, 0) is 6.92 Å². The number of aliphatic carboxylic acids is 1. The highest BCUT2D eigenvalue weighted by molar-refractivity contribution is 5.69. The van der Waals surface area contributed by atoms with Gasteiger partial charge in [-0.3, -0.25) is 14.4 Å². The van der Waals surface area contributed by atoms with Crippen LogP contribution in [-0.2, 0) is 19.2 Å². The highest BCUT2D eigenvalue weighted by Crippen LogP contribution is 1.99. The molecule has 9 nitrogen and oxygen atoms in total. The number of carbonyl (C=O) groups excluding carboxylic acids is 1. The first-order valence-corrected chi connectivity index (χ1v) is 5.40. The third kappa shape index (κ3) is 6.51. The van der Waals surface area contributed by atoms with Crippen molar-refractivity contribution in [2.75, 3.05) is 13.1 Å². The maximum atomic E-state index is 11.3. The molecule has 0 saturated heterocycles. The minimum atomic E-state index is -1.17. The van der Waals surface area contributed by atoms with E-state index in [1.165, 1.54) is 6.92 Å². The van der Waals surface area contributed by atoms with Gasteiger partial charge in [-0.2, -0.15) is 0 Å². The Bertz CT molecular complexity index is 319. The van der Waals surface area contributed by atoms with Crippen LogP contribution >= 0.6 is 0 Å². The van der Waals surface area contributed by atoms with E-state index in [0.29, 0.717) is 0 Å². The SMILES string of the molecule is CCC(=O)OC(C)O/N=[N+](\[O-])N(CC)CC(=O)O. The van der Waals surface area contributed by atoms with Gasteiger partial charge >= 0.3 is 11.9 Å². The standard InChI is InChI=1S/C9H17N3O6/c1-4-9(15)17-7(3)18-10-12(16)11(5-2)6-8(13)14/h7H,4-6H2,1-3H3,(H,13,14)/b12-10-. The molecule has 0 bridgehead atoms. The van der Waals surface area contributed by atoms with Crippen molar-refractivity contribution in [3.63, 3.8) is 0 Å². The summed E-state index contributed by atoms with van der Waals surface area (Å²) in [6.07, 6.45) is -0.841. The van der Waals surface area contributed by atoms with E-state index in [1.807, 2.05) is 0 Å². The number of rotatable bonds is 8. The van der Waals surface area contributed by atoms with Crippen LogP contribution in [0.15, 0.2) is 5.28 Å². The van der Waals surface area contributed by atoms with Crippen LogP contribution in [-0.4, -0.2) is 46.4 Å². The summed E-state index contributed by atoms with van der Waals surface area (Å²) in [6.45, 7) is 4.22. The minimum absolute atomic E-state index is 0.00437. The van der Waals surface area contributed by atoms with Crippen molar-refractivity contribution in [1.29, 1.82) is 0 Å². The van der Waals surface area contributed by atoms with Crippen molar-refractivity contribution in [3.05, 3.63) is 5.21 Å². The molecule has 0 rings (SSSR count). The predicted octanol–water partition coefficient (Wildman–Crippen LogP) is 0.501. The maximum Gasteiger partial charge on any atom is 0.329 e. The second-order valence-electron chi connectivity index (χ2n) is 3.23. The van der Waals surface area contributed by atoms with E-state index in [4.69, 9.17) is 5.11 Å². The molecule has 0 radical (unpaired) electrons. The summed E-state index contributed by atoms with van der Waals surface area (Å²) < 4.78 is 4.69. The van der Waals surface area contributed by atoms with E-state index in [1.54, 1.807) is 13.8 Å². The van der Waals surface area contributed by atoms with Gasteiger partial charge in [-0.25, -0.2) is 0 Å². The van der Waals surface area contributed by atoms with Gasteiger partial charge in [-0.1, -0.05) is 6.92 Å². The molecule has 104 valence electrons. The number of esters is 1. The molecule has 0 saturated carbocycles. The number of hydrazine groups is 1. The summed E-state index contributed by atoms with van der Waals surface area (Å²) in [5, 5.41) is 23.8. The molecule has 18 heavy (non-hydrogen) atoms. The highest BCUT2D eigenvalue weighted by Gasteiger charge is 2.16. The molecule has 0 fully saturated rings. The smallest absolute Gasteiger partial charge is 0.329 e. The molecule has 0 heterocycles. The Labute approximate surface area is 104 Å². The zero-order valence-electron chi connectivity index (χ0n) is 10.5. The van der Waals surface area contributed by atoms with Gasteiger partial charge in [0.15, 0.2) is 6.54 Å². The van der Waals surface area contributed by atoms with Gasteiger partial charge < -0.3 is 15.1 Å². The molecule has 0 aromatic carbocycles. The quantitative estimate of drug-likeness (QED) is 0.223. The number of ether oxygens (including phenoxy) is 1. The molecule has 0 amide bonds. The summed E-state index contributed by atoms with van der Waals surface area (Å²) in [5.74, 6) is -1.66. The Hall–Kier alpha value is -2.06. The van der Waals surface area contributed by atoms with E-state index in [2.05, 4.69) is 14.9 Å². The van der Waals surface area contributed by atoms with Crippen LogP contribution in [0.5, 0.6) is 0 Å². The lowest BCUT2D eigenvalue weighted by molar-refractivity contribution is -0.710. The first-order valence-electron chi connectivity index (χ1n) is 5.40. The lowest BCUT2D eigenvalue weighted by Gasteiger charge is -2.14. The lowest BCUT2D eigenvalue weighted by atomic mass is 10.5. The first-order chi connectivity index (χ1) is 8.40. The topological polar surface area (TPSA) is 114 Å². The number of carboxylic acid groups (broad SMARTS) is 1. The van der Waals surface area contributed by atoms with Crippen molar-refractivity contribution in [2.45, 2.75) is 33.5 Å². The summed E-state index contributed by atoms with van der Waals surface area (Å²) in [7, 11) is 0. The molecule has 0 aromatic heterocycles. The minimum Gasteiger partial charge on any atom is -0.569 e. The number of carboxylic acids is 1. The van der Waals surface area contributed by atoms with Crippen LogP contribution in [0.25, 0.3) is 0 Å². The van der Waals surface area contributed by atoms with Gasteiger partial charge in [0.2, 0.25) is 5.28 Å². The van der Waals surface area contributed by atoms with Crippen LogP contribution in [0.2, 0.25) is 0 Å². The van der Waals surface area contributed by atoms with Crippen molar-refractivity contribution < 1.29 is 29.2 Å². The average molecular weight is 263 g/mol. The predicted molar refractivity (Wildman–Crippen MR) is 57.9 cm³/mol. The molecule has 1 N–H and O–H groups in total. The van der Waals surface area contributed by atoms with E-state index in [9.17, 15) is 14.8 Å². The molecule has 1 unspecified atom stereocenters. The first kappa shape index (κ1) is 15.9. The van der Waals surface area contributed by atoms with Crippen LogP contribution < -0.4 is 0 Å². The third-order valence-electron chi connectivity index (χ3n) is 1.78. The van der Waals surface area contributed by atoms with Crippen LogP contribution in [0.4, 0.5) is 0 Å². The zero-order chi connectivity index (χ0) is 14.1. The van der Waals surface area contributed by atoms with Gasteiger partial charge in [-0.15, -0.1) is 5.01 Å². The Morgan fingerprint density at radius 3 is 2.56 bits per heavy atom. The molecule has 9 heteroatoms. The van der Waals surface area contributed by atoms with Gasteiger partial charge in [0.1, 0.15) is 0 Å². The summed E-state index contributed by atoms with van der Waals surface area (Å²) in [4.78, 5) is 25.9. The van der Waals surface area contributed by atoms with Gasteiger partial charge in [0, 0.05) is 13.3 Å². The molecule has 1 atom stereocenters. The third-order valence-corrected chi connectivity index (χ3v) is 1.78. The maximum absolute atomic E-state index is 11.3. The average Bonchev–Trinajstić information content (AvgIpc) is 2.32.